The second-order valence-corrected chi connectivity index (χ2v) is 3.09. The average molecular weight is 191 g/mol. The third-order valence-electron chi connectivity index (χ3n) is 2.10. The molecule has 1 heterocycles. The van der Waals surface area contributed by atoms with Gasteiger partial charge in [-0.05, 0) is 18.2 Å². The van der Waals surface area contributed by atoms with E-state index in [0.717, 1.165) is 0 Å². The molecule has 0 bridgehead atoms. The minimum Gasteiger partial charge on any atom is -0.494 e. The highest BCUT2D eigenvalue weighted by Crippen LogP contribution is 2.14. The van der Waals surface area contributed by atoms with Crippen molar-refractivity contribution >= 4 is 0 Å². The molecular weight excluding hydrogens is 181 g/mol. The fourth-order valence-electron chi connectivity index (χ4n) is 1.35. The first-order valence-corrected chi connectivity index (χ1v) is 4.35. The Morgan fingerprint density at radius 3 is 2.57 bits per heavy atom. The first kappa shape index (κ1) is 8.81. The van der Waals surface area contributed by atoms with Gasteiger partial charge in [0, 0.05) is 11.8 Å². The molecule has 2 nitrogen and oxygen atoms in total. The Morgan fingerprint density at radius 2 is 1.93 bits per heavy atom. The van der Waals surface area contributed by atoms with Crippen LogP contribution in [0.25, 0.3) is 0 Å². The molecule has 0 unspecified atom stereocenters. The van der Waals surface area contributed by atoms with Crippen LogP contribution in [0.4, 0.5) is 4.39 Å². The quantitative estimate of drug-likeness (QED) is 0.774. The van der Waals surface area contributed by atoms with Gasteiger partial charge in [0.2, 0.25) is 0 Å². The summed E-state index contributed by atoms with van der Waals surface area (Å²) in [7, 11) is 0. The van der Waals surface area contributed by atoms with Gasteiger partial charge in [-0.25, -0.2) is 4.39 Å². The lowest BCUT2D eigenvalue weighted by atomic mass is 10.2. The minimum atomic E-state index is -0.249. The van der Waals surface area contributed by atoms with E-state index >= 15 is 0 Å². The molecule has 1 N–H and O–H groups in total. The molecule has 0 aliphatic heterocycles. The first-order chi connectivity index (χ1) is 6.77. The van der Waals surface area contributed by atoms with Crippen molar-refractivity contribution in [2.75, 3.05) is 0 Å². The highest BCUT2D eigenvalue weighted by Gasteiger charge is 2.03. The van der Waals surface area contributed by atoms with E-state index in [9.17, 15) is 9.50 Å². The molecule has 2 aromatic rings. The molecule has 3 heteroatoms. The Labute approximate surface area is 81.2 Å². The predicted molar refractivity (Wildman–Crippen MR) is 51.6 cm³/mol. The number of halogens is 1. The summed E-state index contributed by atoms with van der Waals surface area (Å²) in [4.78, 5) is 0. The Morgan fingerprint density at radius 1 is 1.14 bits per heavy atom. The highest BCUT2D eigenvalue weighted by molar-refractivity contribution is 5.20. The van der Waals surface area contributed by atoms with Gasteiger partial charge < -0.3 is 9.67 Å². The molecule has 0 aliphatic carbocycles. The van der Waals surface area contributed by atoms with Crippen LogP contribution < -0.4 is 0 Å². The number of rotatable bonds is 2. The van der Waals surface area contributed by atoms with E-state index in [4.69, 9.17) is 0 Å². The standard InChI is InChI=1S/C11H10FNO/c12-10-5-2-1-4-9(10)8-13-7-3-6-11(13)14/h1-7,14H,8H2. The SMILES string of the molecule is Oc1cccn1Cc1ccccc1F. The highest BCUT2D eigenvalue weighted by atomic mass is 19.1. The Balaban J connectivity index is 2.28. The van der Waals surface area contributed by atoms with Crippen molar-refractivity contribution in [3.63, 3.8) is 0 Å². The molecule has 0 saturated heterocycles. The van der Waals surface area contributed by atoms with Gasteiger partial charge in [0.15, 0.2) is 5.88 Å². The lowest BCUT2D eigenvalue weighted by Gasteiger charge is -2.05. The van der Waals surface area contributed by atoms with E-state index in [0.29, 0.717) is 12.1 Å². The molecule has 0 spiro atoms. The van der Waals surface area contributed by atoms with E-state index in [1.54, 1.807) is 41.1 Å². The monoisotopic (exact) mass is 191 g/mol. The maximum atomic E-state index is 13.2. The minimum absolute atomic E-state index is 0.147. The fourth-order valence-corrected chi connectivity index (χ4v) is 1.35. The molecule has 1 aromatic carbocycles. The first-order valence-electron chi connectivity index (χ1n) is 4.35. The summed E-state index contributed by atoms with van der Waals surface area (Å²) in [6, 6.07) is 9.83. The molecule has 0 saturated carbocycles. The third kappa shape index (κ3) is 1.62. The van der Waals surface area contributed by atoms with Crippen LogP contribution in [0.1, 0.15) is 5.56 Å². The van der Waals surface area contributed by atoms with Crippen LogP contribution in [-0.2, 0) is 6.54 Å². The lowest BCUT2D eigenvalue weighted by Crippen LogP contribution is -1.99. The van der Waals surface area contributed by atoms with E-state index in [2.05, 4.69) is 0 Å². The van der Waals surface area contributed by atoms with Crippen LogP contribution in [0.3, 0.4) is 0 Å². The predicted octanol–water partition coefficient (Wildman–Crippen LogP) is 2.38. The summed E-state index contributed by atoms with van der Waals surface area (Å²) in [6.07, 6.45) is 1.71. The zero-order valence-electron chi connectivity index (χ0n) is 7.52. The molecule has 0 aliphatic rings. The van der Waals surface area contributed by atoms with Gasteiger partial charge >= 0.3 is 0 Å². The zero-order valence-corrected chi connectivity index (χ0v) is 7.52. The lowest BCUT2D eigenvalue weighted by molar-refractivity contribution is 0.423. The summed E-state index contributed by atoms with van der Waals surface area (Å²) in [5, 5.41) is 9.34. The van der Waals surface area contributed by atoms with Crippen molar-refractivity contribution in [2.24, 2.45) is 0 Å². The smallest absolute Gasteiger partial charge is 0.191 e. The van der Waals surface area contributed by atoms with Gasteiger partial charge in [0.05, 0.1) is 6.54 Å². The number of hydrogen-bond donors (Lipinski definition) is 1. The van der Waals surface area contributed by atoms with E-state index in [1.807, 2.05) is 0 Å². The van der Waals surface area contributed by atoms with Gasteiger partial charge in [-0.1, -0.05) is 18.2 Å². The van der Waals surface area contributed by atoms with Gasteiger partial charge in [-0.3, -0.25) is 0 Å². The van der Waals surface area contributed by atoms with Crippen LogP contribution in [-0.4, -0.2) is 9.67 Å². The van der Waals surface area contributed by atoms with E-state index in [-0.39, 0.29) is 11.7 Å². The third-order valence-corrected chi connectivity index (χ3v) is 2.10. The summed E-state index contributed by atoms with van der Waals surface area (Å²) in [5.74, 6) is -0.103. The van der Waals surface area contributed by atoms with Crippen LogP contribution in [0.15, 0.2) is 42.6 Å². The summed E-state index contributed by atoms with van der Waals surface area (Å²) in [6.45, 7) is 0.353. The molecule has 0 fully saturated rings. The summed E-state index contributed by atoms with van der Waals surface area (Å²) >= 11 is 0. The van der Waals surface area contributed by atoms with Crippen LogP contribution >= 0.6 is 0 Å². The second-order valence-electron chi connectivity index (χ2n) is 3.09. The van der Waals surface area contributed by atoms with Crippen LogP contribution in [0.2, 0.25) is 0 Å². The molecule has 1 aromatic heterocycles. The van der Waals surface area contributed by atoms with Crippen molar-refractivity contribution in [2.45, 2.75) is 6.54 Å². The molecule has 0 atom stereocenters. The largest absolute Gasteiger partial charge is 0.494 e. The molecule has 2 rings (SSSR count). The number of benzene rings is 1. The maximum absolute atomic E-state index is 13.2. The Kier molecular flexibility index (Phi) is 2.23. The topological polar surface area (TPSA) is 25.2 Å². The van der Waals surface area contributed by atoms with Crippen LogP contribution in [0.5, 0.6) is 5.88 Å². The number of nitrogens with zero attached hydrogens (tertiary/aromatic N) is 1. The molecule has 0 radical (unpaired) electrons. The van der Waals surface area contributed by atoms with Crippen LogP contribution in [0, 0.1) is 5.82 Å². The van der Waals surface area contributed by atoms with E-state index in [1.165, 1.54) is 6.07 Å². The van der Waals surface area contributed by atoms with Crippen molar-refractivity contribution in [3.05, 3.63) is 54.0 Å². The zero-order chi connectivity index (χ0) is 9.97. The molecular formula is C11H10FNO. The number of hydrogen-bond acceptors (Lipinski definition) is 1. The van der Waals surface area contributed by atoms with Gasteiger partial charge in [-0.15, -0.1) is 0 Å². The van der Waals surface area contributed by atoms with Crippen molar-refractivity contribution < 1.29 is 9.50 Å². The summed E-state index contributed by atoms with van der Waals surface area (Å²) in [5.41, 5.74) is 0.569. The maximum Gasteiger partial charge on any atom is 0.191 e. The summed E-state index contributed by atoms with van der Waals surface area (Å²) < 4.78 is 14.8. The Bertz CT molecular complexity index is 436. The number of aromatic nitrogens is 1. The van der Waals surface area contributed by atoms with Crippen molar-refractivity contribution in [3.8, 4) is 5.88 Å². The van der Waals surface area contributed by atoms with Crippen molar-refractivity contribution in [1.82, 2.24) is 4.57 Å². The molecule has 0 amide bonds. The normalized spacial score (nSPS) is 10.4. The van der Waals surface area contributed by atoms with Gasteiger partial charge in [0.25, 0.3) is 0 Å². The van der Waals surface area contributed by atoms with Gasteiger partial charge in [-0.2, -0.15) is 0 Å². The Hall–Kier alpha value is -1.77. The molecule has 14 heavy (non-hydrogen) atoms. The molecule has 72 valence electrons. The average Bonchev–Trinajstić information content (AvgIpc) is 2.56. The number of aromatic hydroxyl groups is 1. The second kappa shape index (κ2) is 3.54. The van der Waals surface area contributed by atoms with Gasteiger partial charge in [0.1, 0.15) is 5.82 Å². The fraction of sp³-hybridized carbons (Fsp3) is 0.0909. The van der Waals surface area contributed by atoms with Crippen molar-refractivity contribution in [1.29, 1.82) is 0 Å². The van der Waals surface area contributed by atoms with E-state index < -0.39 is 0 Å².